The largest absolute Gasteiger partial charge is 0.478 e. The van der Waals surface area contributed by atoms with Gasteiger partial charge in [-0.2, -0.15) is 0 Å². The van der Waals surface area contributed by atoms with Crippen LogP contribution in [0.5, 0.6) is 0 Å². The van der Waals surface area contributed by atoms with E-state index in [-0.39, 0.29) is 11.1 Å². The van der Waals surface area contributed by atoms with Crippen LogP contribution in [0.15, 0.2) is 18.2 Å². The molecule has 1 rings (SSSR count). The first-order valence-corrected chi connectivity index (χ1v) is 6.33. The van der Waals surface area contributed by atoms with Crippen molar-refractivity contribution in [3.8, 4) is 0 Å². The molecular weight excluding hydrogens is 263 g/mol. The Morgan fingerprint density at radius 3 is 2.55 bits per heavy atom. The van der Waals surface area contributed by atoms with E-state index in [0.717, 1.165) is 12.5 Å². The Labute approximate surface area is 117 Å². The number of carboxylic acid groups (broad SMARTS) is 1. The van der Waals surface area contributed by atoms with Crippen LogP contribution in [-0.2, 0) is 0 Å². The van der Waals surface area contributed by atoms with Crippen LogP contribution in [0, 0.1) is 11.2 Å². The quantitative estimate of drug-likeness (QED) is 0.776. The molecule has 0 spiro atoms. The second kappa shape index (κ2) is 6.36. The maximum atomic E-state index is 13.4. The van der Waals surface area contributed by atoms with Crippen molar-refractivity contribution in [2.75, 3.05) is 11.9 Å². The van der Waals surface area contributed by atoms with Gasteiger partial charge in [-0.3, -0.25) is 0 Å². The first kappa shape index (κ1) is 15.9. The summed E-state index contributed by atoms with van der Waals surface area (Å²) in [6, 6.07) is 3.16. The molecule has 0 radical (unpaired) electrons. The fourth-order valence-corrected chi connectivity index (χ4v) is 1.46. The van der Waals surface area contributed by atoms with Gasteiger partial charge in [0.1, 0.15) is 11.4 Å². The zero-order valence-electron chi connectivity index (χ0n) is 11.8. The number of hydrogen-bond donors (Lipinski definition) is 3. The van der Waals surface area contributed by atoms with Gasteiger partial charge in [-0.25, -0.2) is 14.0 Å². The lowest BCUT2D eigenvalue weighted by Gasteiger charge is -2.23. The average Bonchev–Trinajstić information content (AvgIpc) is 2.36. The molecule has 0 aliphatic rings. The first-order valence-electron chi connectivity index (χ1n) is 6.33. The van der Waals surface area contributed by atoms with Gasteiger partial charge in [0.15, 0.2) is 0 Å². The number of anilines is 1. The molecule has 1 aromatic rings. The van der Waals surface area contributed by atoms with Gasteiger partial charge in [0.2, 0.25) is 0 Å². The third-order valence-corrected chi connectivity index (χ3v) is 3.16. The van der Waals surface area contributed by atoms with Gasteiger partial charge >= 0.3 is 12.0 Å². The molecule has 0 unspecified atom stereocenters. The average molecular weight is 282 g/mol. The number of rotatable bonds is 5. The van der Waals surface area contributed by atoms with Crippen LogP contribution in [0.25, 0.3) is 0 Å². The molecule has 5 nitrogen and oxygen atoms in total. The Kier molecular flexibility index (Phi) is 5.07. The lowest BCUT2D eigenvalue weighted by Crippen LogP contribution is -2.36. The molecule has 0 bridgehead atoms. The molecule has 6 heteroatoms. The normalized spacial score (nSPS) is 11.0. The number of urea groups is 1. The topological polar surface area (TPSA) is 78.4 Å². The number of hydrogen-bond acceptors (Lipinski definition) is 2. The lowest BCUT2D eigenvalue weighted by atomic mass is 9.90. The van der Waals surface area contributed by atoms with Gasteiger partial charge in [-0.1, -0.05) is 26.8 Å². The van der Waals surface area contributed by atoms with Crippen molar-refractivity contribution in [2.24, 2.45) is 5.41 Å². The molecule has 110 valence electrons. The Balaban J connectivity index is 2.77. The molecule has 3 N–H and O–H groups in total. The minimum atomic E-state index is -1.42. The van der Waals surface area contributed by atoms with E-state index in [2.05, 4.69) is 10.6 Å². The molecule has 0 heterocycles. The van der Waals surface area contributed by atoms with E-state index >= 15 is 0 Å². The van der Waals surface area contributed by atoms with Crippen LogP contribution in [0.3, 0.4) is 0 Å². The predicted molar refractivity (Wildman–Crippen MR) is 74.5 cm³/mol. The number of nitrogens with one attached hydrogen (secondary N) is 2. The Morgan fingerprint density at radius 2 is 2.00 bits per heavy atom. The lowest BCUT2D eigenvalue weighted by molar-refractivity contribution is 0.0693. The minimum Gasteiger partial charge on any atom is -0.478 e. The van der Waals surface area contributed by atoms with Crippen molar-refractivity contribution in [1.29, 1.82) is 0 Å². The van der Waals surface area contributed by atoms with E-state index in [1.165, 1.54) is 12.1 Å². The van der Waals surface area contributed by atoms with Crippen LogP contribution >= 0.6 is 0 Å². The second-order valence-corrected chi connectivity index (χ2v) is 5.29. The molecule has 20 heavy (non-hydrogen) atoms. The fraction of sp³-hybridized carbons (Fsp3) is 0.429. The summed E-state index contributed by atoms with van der Waals surface area (Å²) in [6.07, 6.45) is 0.883. The Morgan fingerprint density at radius 1 is 1.35 bits per heavy atom. The maximum absolute atomic E-state index is 13.4. The van der Waals surface area contributed by atoms with E-state index < -0.39 is 23.4 Å². The smallest absolute Gasteiger partial charge is 0.340 e. The summed E-state index contributed by atoms with van der Waals surface area (Å²) < 4.78 is 13.4. The van der Waals surface area contributed by atoms with Crippen molar-refractivity contribution in [3.63, 3.8) is 0 Å². The number of halogens is 1. The van der Waals surface area contributed by atoms with Crippen LogP contribution in [0.1, 0.15) is 37.6 Å². The third-order valence-electron chi connectivity index (χ3n) is 3.16. The summed E-state index contributed by atoms with van der Waals surface area (Å²) in [5.74, 6) is -2.31. The van der Waals surface area contributed by atoms with Crippen molar-refractivity contribution in [2.45, 2.75) is 27.2 Å². The monoisotopic (exact) mass is 282 g/mol. The summed E-state index contributed by atoms with van der Waals surface area (Å²) in [6.45, 7) is 6.44. The van der Waals surface area contributed by atoms with Crippen molar-refractivity contribution in [1.82, 2.24) is 5.32 Å². The van der Waals surface area contributed by atoms with E-state index in [0.29, 0.717) is 6.54 Å². The number of carboxylic acids is 1. The van der Waals surface area contributed by atoms with Crippen molar-refractivity contribution in [3.05, 3.63) is 29.6 Å². The summed E-state index contributed by atoms with van der Waals surface area (Å²) >= 11 is 0. The highest BCUT2D eigenvalue weighted by Crippen LogP contribution is 2.20. The summed E-state index contributed by atoms with van der Waals surface area (Å²) in [5.41, 5.74) is -0.670. The number of amides is 2. The summed E-state index contributed by atoms with van der Waals surface area (Å²) in [4.78, 5) is 22.7. The molecule has 0 fully saturated rings. The van der Waals surface area contributed by atoms with Gasteiger partial charge in [-0.15, -0.1) is 0 Å². The van der Waals surface area contributed by atoms with Crippen LogP contribution < -0.4 is 10.6 Å². The second-order valence-electron chi connectivity index (χ2n) is 5.29. The fourth-order valence-electron chi connectivity index (χ4n) is 1.46. The molecule has 0 aliphatic heterocycles. The van der Waals surface area contributed by atoms with E-state index in [9.17, 15) is 14.0 Å². The summed E-state index contributed by atoms with van der Waals surface area (Å²) in [5, 5.41) is 13.9. The van der Waals surface area contributed by atoms with Crippen molar-refractivity contribution >= 4 is 17.7 Å². The highest BCUT2D eigenvalue weighted by molar-refractivity contribution is 6.00. The Bertz CT molecular complexity index is 515. The SMILES string of the molecule is CCC(C)(C)CNC(=O)Nc1cccc(F)c1C(=O)O. The number of carbonyl (C=O) groups is 2. The molecule has 2 amide bonds. The van der Waals surface area contributed by atoms with Crippen molar-refractivity contribution < 1.29 is 19.1 Å². The van der Waals surface area contributed by atoms with Gasteiger partial charge in [0, 0.05) is 6.54 Å². The van der Waals surface area contributed by atoms with Gasteiger partial charge in [0.25, 0.3) is 0 Å². The molecule has 0 aliphatic carbocycles. The molecule has 0 aromatic heterocycles. The van der Waals surface area contributed by atoms with E-state index in [1.54, 1.807) is 0 Å². The van der Waals surface area contributed by atoms with Gasteiger partial charge in [0.05, 0.1) is 5.69 Å². The van der Waals surface area contributed by atoms with E-state index in [1.807, 2.05) is 20.8 Å². The maximum Gasteiger partial charge on any atom is 0.340 e. The predicted octanol–water partition coefficient (Wildman–Crippen LogP) is 3.08. The zero-order valence-corrected chi connectivity index (χ0v) is 11.8. The van der Waals surface area contributed by atoms with E-state index in [4.69, 9.17) is 5.11 Å². The minimum absolute atomic E-state index is 0.0606. The number of aromatic carboxylic acids is 1. The number of carbonyl (C=O) groups excluding carboxylic acids is 1. The highest BCUT2D eigenvalue weighted by Gasteiger charge is 2.19. The molecule has 0 saturated carbocycles. The highest BCUT2D eigenvalue weighted by atomic mass is 19.1. The van der Waals surface area contributed by atoms with Crippen LogP contribution in [-0.4, -0.2) is 23.7 Å². The zero-order chi connectivity index (χ0) is 15.3. The van der Waals surface area contributed by atoms with Gasteiger partial charge in [-0.05, 0) is 24.0 Å². The van der Waals surface area contributed by atoms with Gasteiger partial charge < -0.3 is 15.7 Å². The molecule has 1 aromatic carbocycles. The Hall–Kier alpha value is -2.11. The van der Waals surface area contributed by atoms with Crippen LogP contribution in [0.4, 0.5) is 14.9 Å². The number of benzene rings is 1. The third kappa shape index (κ3) is 4.22. The standard InChI is InChI=1S/C14H19FN2O3/c1-4-14(2,3)8-16-13(20)17-10-7-5-6-9(15)11(10)12(18)19/h5-7H,4,8H2,1-3H3,(H,18,19)(H2,16,17,20). The summed E-state index contributed by atoms with van der Waals surface area (Å²) in [7, 11) is 0. The van der Waals surface area contributed by atoms with Crippen LogP contribution in [0.2, 0.25) is 0 Å². The molecular formula is C14H19FN2O3. The molecule has 0 atom stereocenters. The molecule has 0 saturated heterocycles. The first-order chi connectivity index (χ1) is 9.26.